The molecule has 0 bridgehead atoms. The van der Waals surface area contributed by atoms with Crippen LogP contribution in [0.15, 0.2) is 22.9 Å². The first kappa shape index (κ1) is 23.2. The maximum Gasteiger partial charge on any atom is 0.257 e. The van der Waals surface area contributed by atoms with Crippen molar-refractivity contribution >= 4 is 17.6 Å². The number of aromatic nitrogens is 4. The van der Waals surface area contributed by atoms with Crippen LogP contribution in [0, 0.1) is 37.5 Å². The van der Waals surface area contributed by atoms with Crippen molar-refractivity contribution < 1.29 is 18.5 Å². The van der Waals surface area contributed by atoms with E-state index in [-0.39, 0.29) is 11.7 Å². The number of halogens is 1. The highest BCUT2D eigenvalue weighted by molar-refractivity contribution is 6.01. The molecule has 0 unspecified atom stereocenters. The Hall–Kier alpha value is -3.56. The van der Waals surface area contributed by atoms with Gasteiger partial charge in [-0.2, -0.15) is 9.49 Å². The molecular weight excluding hydrogens is 451 g/mol. The first-order chi connectivity index (χ1) is 16.9. The third kappa shape index (κ3) is 4.69. The number of nitrogens with zero attached hydrogens (tertiary/aromatic N) is 3. The van der Waals surface area contributed by atoms with Crippen molar-refractivity contribution in [2.75, 3.05) is 5.32 Å². The zero-order chi connectivity index (χ0) is 24.7. The van der Waals surface area contributed by atoms with Crippen molar-refractivity contribution in [1.82, 2.24) is 25.7 Å². The highest BCUT2D eigenvalue weighted by Crippen LogP contribution is 2.51. The second-order valence-electron chi connectivity index (χ2n) is 9.56. The number of aryl methyl sites for hydroxylation is 3. The topological polar surface area (TPSA) is 126 Å². The standard InChI is InChI=1S/C25H29FN6O3/c1-4-18-17(11-35-32-18)24(33)29-22(21(14-5-6-14)15-7-8-15)25(34)28-19-10-9-16(23(26)27-19)20-12(2)30-31-13(20)3/h9-11,14-15,21-22H,4-8H2,1-3H3,(H,29,33)(H,30,31)(H,27,28,34)/t22-/m0/s1. The molecule has 2 aliphatic rings. The van der Waals surface area contributed by atoms with E-state index in [0.717, 1.165) is 31.4 Å². The van der Waals surface area contributed by atoms with Gasteiger partial charge in [0.2, 0.25) is 11.9 Å². The van der Waals surface area contributed by atoms with Gasteiger partial charge in [-0.1, -0.05) is 12.1 Å². The van der Waals surface area contributed by atoms with Crippen molar-refractivity contribution in [3.8, 4) is 11.1 Å². The monoisotopic (exact) mass is 480 g/mol. The third-order valence-electron chi connectivity index (χ3n) is 7.01. The van der Waals surface area contributed by atoms with Gasteiger partial charge in [0.15, 0.2) is 0 Å². The summed E-state index contributed by atoms with van der Waals surface area (Å²) in [5, 5.41) is 16.5. The van der Waals surface area contributed by atoms with Crippen LogP contribution in [0.2, 0.25) is 0 Å². The number of nitrogens with one attached hydrogen (secondary N) is 3. The van der Waals surface area contributed by atoms with Gasteiger partial charge in [0.1, 0.15) is 23.7 Å². The van der Waals surface area contributed by atoms with Crippen LogP contribution in [0.3, 0.4) is 0 Å². The van der Waals surface area contributed by atoms with Crippen molar-refractivity contribution in [3.63, 3.8) is 0 Å². The minimum absolute atomic E-state index is 0.0317. The molecule has 3 aromatic rings. The molecule has 3 heterocycles. The number of pyridine rings is 1. The lowest BCUT2D eigenvalue weighted by Gasteiger charge is -2.27. The number of amides is 2. The van der Waals surface area contributed by atoms with Crippen LogP contribution in [0.25, 0.3) is 11.1 Å². The second-order valence-corrected chi connectivity index (χ2v) is 9.56. The number of hydrogen-bond donors (Lipinski definition) is 3. The first-order valence-corrected chi connectivity index (χ1v) is 12.1. The lowest BCUT2D eigenvalue weighted by atomic mass is 9.88. The Bertz CT molecular complexity index is 1230. The van der Waals surface area contributed by atoms with E-state index in [0.29, 0.717) is 46.3 Å². The summed E-state index contributed by atoms with van der Waals surface area (Å²) in [6.07, 6.45) is 6.01. The lowest BCUT2D eigenvalue weighted by Crippen LogP contribution is -2.50. The molecule has 3 aromatic heterocycles. The molecule has 1 atom stereocenters. The molecule has 0 aromatic carbocycles. The van der Waals surface area contributed by atoms with Gasteiger partial charge in [0.05, 0.1) is 11.4 Å². The van der Waals surface area contributed by atoms with E-state index < -0.39 is 23.8 Å². The van der Waals surface area contributed by atoms with Crippen molar-refractivity contribution in [1.29, 1.82) is 0 Å². The summed E-state index contributed by atoms with van der Waals surface area (Å²) in [4.78, 5) is 30.5. The summed E-state index contributed by atoms with van der Waals surface area (Å²) < 4.78 is 19.9. The molecular formula is C25H29FN6O3. The molecule has 184 valence electrons. The van der Waals surface area contributed by atoms with E-state index >= 15 is 0 Å². The van der Waals surface area contributed by atoms with Gasteiger partial charge >= 0.3 is 0 Å². The fourth-order valence-corrected chi connectivity index (χ4v) is 4.99. The SMILES string of the molecule is CCc1nocc1C(=O)N[C@H](C(=O)Nc1ccc(-c2c(C)n[nH]c2C)c(F)n1)C(C1CC1)C1CC1. The summed E-state index contributed by atoms with van der Waals surface area (Å²) in [6, 6.07) is 2.39. The Balaban J connectivity index is 1.38. The molecule has 2 amide bonds. The van der Waals surface area contributed by atoms with E-state index in [1.807, 2.05) is 13.8 Å². The molecule has 0 spiro atoms. The molecule has 0 radical (unpaired) electrons. The molecule has 35 heavy (non-hydrogen) atoms. The van der Waals surface area contributed by atoms with Gasteiger partial charge in [-0.15, -0.1) is 0 Å². The van der Waals surface area contributed by atoms with E-state index in [1.165, 1.54) is 6.26 Å². The molecule has 5 rings (SSSR count). The van der Waals surface area contributed by atoms with E-state index in [9.17, 15) is 14.0 Å². The predicted molar refractivity (Wildman–Crippen MR) is 126 cm³/mol. The molecule has 10 heteroatoms. The molecule has 0 aliphatic heterocycles. The minimum Gasteiger partial charge on any atom is -0.364 e. The zero-order valence-corrected chi connectivity index (χ0v) is 20.0. The van der Waals surface area contributed by atoms with E-state index in [2.05, 4.69) is 31.0 Å². The highest BCUT2D eigenvalue weighted by atomic mass is 19.1. The summed E-state index contributed by atoms with van der Waals surface area (Å²) in [5.41, 5.74) is 3.24. The fourth-order valence-electron chi connectivity index (χ4n) is 4.99. The first-order valence-electron chi connectivity index (χ1n) is 12.1. The molecule has 2 aliphatic carbocycles. The Kier molecular flexibility index (Phi) is 6.12. The number of anilines is 1. The molecule has 0 saturated heterocycles. The Morgan fingerprint density at radius 1 is 1.20 bits per heavy atom. The van der Waals surface area contributed by atoms with Crippen molar-refractivity contribution in [3.05, 3.63) is 47.0 Å². The smallest absolute Gasteiger partial charge is 0.257 e. The average molecular weight is 481 g/mol. The molecule has 9 nitrogen and oxygen atoms in total. The van der Waals surface area contributed by atoms with E-state index in [1.54, 1.807) is 19.1 Å². The van der Waals surface area contributed by atoms with Gasteiger partial charge in [-0.3, -0.25) is 14.7 Å². The summed E-state index contributed by atoms with van der Waals surface area (Å²) in [5.74, 6) is -0.574. The second kappa shape index (κ2) is 9.24. The fraction of sp³-hybridized carbons (Fsp3) is 0.480. The maximum absolute atomic E-state index is 14.9. The van der Waals surface area contributed by atoms with Crippen molar-refractivity contribution in [2.45, 2.75) is 58.9 Å². The largest absolute Gasteiger partial charge is 0.364 e. The predicted octanol–water partition coefficient (Wildman–Crippen LogP) is 3.95. The van der Waals surface area contributed by atoms with Crippen LogP contribution in [-0.2, 0) is 11.2 Å². The number of H-pyrrole nitrogens is 1. The Morgan fingerprint density at radius 2 is 1.91 bits per heavy atom. The quantitative estimate of drug-likeness (QED) is 0.398. The van der Waals surface area contributed by atoms with Crippen molar-refractivity contribution in [2.24, 2.45) is 17.8 Å². The molecule has 3 N–H and O–H groups in total. The Labute approximate surface area is 202 Å². The van der Waals surface area contributed by atoms with Gasteiger partial charge in [0.25, 0.3) is 5.91 Å². The van der Waals surface area contributed by atoms with Gasteiger partial charge < -0.3 is 15.2 Å². The summed E-state index contributed by atoms with van der Waals surface area (Å²) in [6.45, 7) is 5.48. The number of aromatic amines is 1. The highest BCUT2D eigenvalue weighted by Gasteiger charge is 2.48. The van der Waals surface area contributed by atoms with Gasteiger partial charge in [0, 0.05) is 16.8 Å². The molecule has 2 saturated carbocycles. The maximum atomic E-state index is 14.9. The molecule has 2 fully saturated rings. The summed E-state index contributed by atoms with van der Waals surface area (Å²) >= 11 is 0. The van der Waals surface area contributed by atoms with Crippen LogP contribution in [0.5, 0.6) is 0 Å². The van der Waals surface area contributed by atoms with E-state index in [4.69, 9.17) is 4.52 Å². The number of rotatable bonds is 9. The summed E-state index contributed by atoms with van der Waals surface area (Å²) in [7, 11) is 0. The third-order valence-corrected chi connectivity index (χ3v) is 7.01. The zero-order valence-electron chi connectivity index (χ0n) is 20.0. The lowest BCUT2D eigenvalue weighted by molar-refractivity contribution is -0.119. The number of hydrogen-bond acceptors (Lipinski definition) is 6. The average Bonchev–Trinajstić information content (AvgIpc) is 3.76. The Morgan fingerprint density at radius 3 is 2.49 bits per heavy atom. The number of carbonyl (C=O) groups excluding carboxylic acids is 2. The van der Waals surface area contributed by atoms with Crippen LogP contribution in [0.4, 0.5) is 10.2 Å². The van der Waals surface area contributed by atoms with Crippen LogP contribution < -0.4 is 10.6 Å². The van der Waals surface area contributed by atoms with Gasteiger partial charge in [-0.05, 0) is 75.8 Å². The van der Waals surface area contributed by atoms with Crippen LogP contribution >= 0.6 is 0 Å². The van der Waals surface area contributed by atoms with Crippen LogP contribution in [-0.4, -0.2) is 38.2 Å². The number of carbonyl (C=O) groups is 2. The normalized spacial score (nSPS) is 16.4. The minimum atomic E-state index is -0.759. The van der Waals surface area contributed by atoms with Gasteiger partial charge in [-0.25, -0.2) is 4.98 Å². The van der Waals surface area contributed by atoms with Crippen LogP contribution in [0.1, 0.15) is 60.0 Å².